The number of alkyl halides is 3. The number of urea groups is 1. The SMILES string of the molecule is O=C(Nc1ccc(C(F)(F)F)cc1)N1CCN(C2CCCCC2)CC1. The number of benzene rings is 1. The molecule has 1 aliphatic heterocycles. The standard InChI is InChI=1S/C18H24F3N3O/c19-18(20,21)14-6-8-15(9-7-14)22-17(25)24-12-10-23(11-13-24)16-4-2-1-3-5-16/h6-9,16H,1-5,10-13H2,(H,22,25). The van der Waals surface area contributed by atoms with E-state index in [9.17, 15) is 18.0 Å². The van der Waals surface area contributed by atoms with Crippen LogP contribution in [0.2, 0.25) is 0 Å². The van der Waals surface area contributed by atoms with E-state index in [1.807, 2.05) is 0 Å². The Kier molecular flexibility index (Phi) is 5.51. The van der Waals surface area contributed by atoms with Crippen LogP contribution < -0.4 is 5.32 Å². The molecule has 1 saturated heterocycles. The van der Waals surface area contributed by atoms with Gasteiger partial charge in [0, 0.05) is 37.9 Å². The highest BCUT2D eigenvalue weighted by atomic mass is 19.4. The van der Waals surface area contributed by atoms with Crippen molar-refractivity contribution >= 4 is 11.7 Å². The van der Waals surface area contributed by atoms with Crippen LogP contribution in [0.3, 0.4) is 0 Å². The number of halogens is 3. The molecule has 0 aromatic heterocycles. The van der Waals surface area contributed by atoms with Crippen molar-refractivity contribution in [2.75, 3.05) is 31.5 Å². The molecule has 3 rings (SSSR count). The van der Waals surface area contributed by atoms with Gasteiger partial charge in [0.05, 0.1) is 5.56 Å². The van der Waals surface area contributed by atoms with Crippen molar-refractivity contribution in [1.29, 1.82) is 0 Å². The fraction of sp³-hybridized carbons (Fsp3) is 0.611. The highest BCUT2D eigenvalue weighted by Crippen LogP contribution is 2.30. The summed E-state index contributed by atoms with van der Waals surface area (Å²) in [4.78, 5) is 16.5. The summed E-state index contributed by atoms with van der Waals surface area (Å²) in [7, 11) is 0. The number of rotatable bonds is 2. The molecule has 4 nitrogen and oxygen atoms in total. The van der Waals surface area contributed by atoms with Crippen LogP contribution in [0.1, 0.15) is 37.7 Å². The van der Waals surface area contributed by atoms with E-state index < -0.39 is 11.7 Å². The monoisotopic (exact) mass is 355 g/mol. The molecule has 1 aliphatic carbocycles. The third kappa shape index (κ3) is 4.66. The predicted octanol–water partition coefficient (Wildman–Crippen LogP) is 4.19. The van der Waals surface area contributed by atoms with Crippen LogP contribution in [-0.2, 0) is 6.18 Å². The van der Waals surface area contributed by atoms with Gasteiger partial charge in [-0.05, 0) is 37.1 Å². The Morgan fingerprint density at radius 1 is 0.960 bits per heavy atom. The maximum atomic E-state index is 12.6. The average Bonchev–Trinajstić information content (AvgIpc) is 2.62. The largest absolute Gasteiger partial charge is 0.416 e. The van der Waals surface area contributed by atoms with Crippen LogP contribution in [0.5, 0.6) is 0 Å². The van der Waals surface area contributed by atoms with Crippen molar-refractivity contribution in [3.05, 3.63) is 29.8 Å². The molecule has 2 aliphatic rings. The van der Waals surface area contributed by atoms with Gasteiger partial charge in [0.25, 0.3) is 0 Å². The second-order valence-electron chi connectivity index (χ2n) is 6.82. The molecule has 138 valence electrons. The van der Waals surface area contributed by atoms with Gasteiger partial charge in [0.2, 0.25) is 0 Å². The zero-order chi connectivity index (χ0) is 17.9. The zero-order valence-corrected chi connectivity index (χ0v) is 14.2. The molecule has 0 spiro atoms. The lowest BCUT2D eigenvalue weighted by Gasteiger charge is -2.40. The summed E-state index contributed by atoms with van der Waals surface area (Å²) in [5, 5.41) is 2.69. The van der Waals surface area contributed by atoms with Crippen LogP contribution in [0.15, 0.2) is 24.3 Å². The number of piperazine rings is 1. The molecule has 1 N–H and O–H groups in total. The van der Waals surface area contributed by atoms with Crippen molar-refractivity contribution in [3.8, 4) is 0 Å². The molecule has 0 unspecified atom stereocenters. The minimum Gasteiger partial charge on any atom is -0.322 e. The predicted molar refractivity (Wildman–Crippen MR) is 90.5 cm³/mol. The van der Waals surface area contributed by atoms with Gasteiger partial charge in [-0.1, -0.05) is 19.3 Å². The molecule has 25 heavy (non-hydrogen) atoms. The maximum absolute atomic E-state index is 12.6. The third-order valence-electron chi connectivity index (χ3n) is 5.16. The molecule has 0 bridgehead atoms. The van der Waals surface area contributed by atoms with Crippen LogP contribution in [0.4, 0.5) is 23.7 Å². The first-order valence-electron chi connectivity index (χ1n) is 8.91. The summed E-state index contributed by atoms with van der Waals surface area (Å²) in [5.74, 6) is 0. The van der Waals surface area contributed by atoms with Crippen molar-refractivity contribution in [3.63, 3.8) is 0 Å². The normalized spacial score (nSPS) is 20.5. The minimum absolute atomic E-state index is 0.247. The molecule has 2 amide bonds. The van der Waals surface area contributed by atoms with E-state index in [1.165, 1.54) is 44.2 Å². The summed E-state index contributed by atoms with van der Waals surface area (Å²) in [6.45, 7) is 3.04. The van der Waals surface area contributed by atoms with Gasteiger partial charge in [-0.2, -0.15) is 13.2 Å². The second kappa shape index (κ2) is 7.64. The summed E-state index contributed by atoms with van der Waals surface area (Å²) in [6.07, 6.45) is 2.04. The summed E-state index contributed by atoms with van der Waals surface area (Å²) in [5.41, 5.74) is -0.334. The Morgan fingerprint density at radius 2 is 1.56 bits per heavy atom. The van der Waals surface area contributed by atoms with Crippen LogP contribution in [0, 0.1) is 0 Å². The van der Waals surface area contributed by atoms with Crippen molar-refractivity contribution in [2.45, 2.75) is 44.3 Å². The Labute approximate surface area is 146 Å². The van der Waals surface area contributed by atoms with Gasteiger partial charge in [-0.25, -0.2) is 4.79 Å². The fourth-order valence-electron chi connectivity index (χ4n) is 3.68. The topological polar surface area (TPSA) is 35.6 Å². The fourth-order valence-corrected chi connectivity index (χ4v) is 3.68. The first-order valence-corrected chi connectivity index (χ1v) is 8.91. The van der Waals surface area contributed by atoms with E-state index >= 15 is 0 Å². The van der Waals surface area contributed by atoms with E-state index in [-0.39, 0.29) is 6.03 Å². The van der Waals surface area contributed by atoms with Crippen LogP contribution in [0.25, 0.3) is 0 Å². The number of hydrogen-bond acceptors (Lipinski definition) is 2. The smallest absolute Gasteiger partial charge is 0.322 e. The number of nitrogens with zero attached hydrogens (tertiary/aromatic N) is 2. The maximum Gasteiger partial charge on any atom is 0.416 e. The Balaban J connectivity index is 1.49. The lowest BCUT2D eigenvalue weighted by molar-refractivity contribution is -0.137. The summed E-state index contributed by atoms with van der Waals surface area (Å²) in [6, 6.07) is 4.95. The van der Waals surface area contributed by atoms with Crippen LogP contribution in [-0.4, -0.2) is 48.1 Å². The number of anilines is 1. The summed E-state index contributed by atoms with van der Waals surface area (Å²) >= 11 is 0. The molecule has 0 radical (unpaired) electrons. The highest BCUT2D eigenvalue weighted by molar-refractivity contribution is 5.89. The second-order valence-corrected chi connectivity index (χ2v) is 6.82. The van der Waals surface area contributed by atoms with Crippen LogP contribution >= 0.6 is 0 Å². The minimum atomic E-state index is -4.36. The molecule has 1 aromatic rings. The lowest BCUT2D eigenvalue weighted by atomic mass is 9.94. The molecular weight excluding hydrogens is 331 g/mol. The third-order valence-corrected chi connectivity index (χ3v) is 5.16. The Morgan fingerprint density at radius 3 is 2.12 bits per heavy atom. The van der Waals surface area contributed by atoms with E-state index in [1.54, 1.807) is 4.90 Å². The molecule has 7 heteroatoms. The van der Waals surface area contributed by atoms with Gasteiger partial charge < -0.3 is 10.2 Å². The van der Waals surface area contributed by atoms with E-state index in [0.717, 1.165) is 25.2 Å². The Bertz CT molecular complexity index is 574. The first kappa shape index (κ1) is 18.0. The Hall–Kier alpha value is -1.76. The highest BCUT2D eigenvalue weighted by Gasteiger charge is 2.30. The number of amides is 2. The number of carbonyl (C=O) groups excluding carboxylic acids is 1. The van der Waals surface area contributed by atoms with E-state index in [0.29, 0.717) is 24.8 Å². The number of hydrogen-bond donors (Lipinski definition) is 1. The van der Waals surface area contributed by atoms with Gasteiger partial charge in [0.15, 0.2) is 0 Å². The van der Waals surface area contributed by atoms with E-state index in [4.69, 9.17) is 0 Å². The molecule has 2 fully saturated rings. The number of carbonyl (C=O) groups is 1. The molecular formula is C18H24F3N3O. The van der Waals surface area contributed by atoms with Crippen molar-refractivity contribution < 1.29 is 18.0 Å². The van der Waals surface area contributed by atoms with E-state index in [2.05, 4.69) is 10.2 Å². The lowest BCUT2D eigenvalue weighted by Crippen LogP contribution is -2.53. The molecule has 1 heterocycles. The van der Waals surface area contributed by atoms with Gasteiger partial charge in [0.1, 0.15) is 0 Å². The zero-order valence-electron chi connectivity index (χ0n) is 14.2. The van der Waals surface area contributed by atoms with Crippen molar-refractivity contribution in [1.82, 2.24) is 9.80 Å². The molecule has 1 aromatic carbocycles. The first-order chi connectivity index (χ1) is 11.9. The van der Waals surface area contributed by atoms with Gasteiger partial charge >= 0.3 is 12.2 Å². The molecule has 1 saturated carbocycles. The van der Waals surface area contributed by atoms with Gasteiger partial charge in [-0.15, -0.1) is 0 Å². The van der Waals surface area contributed by atoms with Gasteiger partial charge in [-0.3, -0.25) is 4.90 Å². The number of nitrogens with one attached hydrogen (secondary N) is 1. The summed E-state index contributed by atoms with van der Waals surface area (Å²) < 4.78 is 37.7. The quantitative estimate of drug-likeness (QED) is 0.863. The van der Waals surface area contributed by atoms with Crippen molar-refractivity contribution in [2.24, 2.45) is 0 Å². The molecule has 0 atom stereocenters. The average molecular weight is 355 g/mol.